The smallest absolute Gasteiger partial charge is 0.137 e. The Labute approximate surface area is 104 Å². The zero-order chi connectivity index (χ0) is 12.5. The number of hydrogen-bond donors (Lipinski definition) is 0. The summed E-state index contributed by atoms with van der Waals surface area (Å²) in [5.74, 6) is 0. The SMILES string of the molecule is CC(C)(C)C(C=O)N1CCc2ccccc2C1. The second kappa shape index (κ2) is 4.61. The highest BCUT2D eigenvalue weighted by Gasteiger charge is 2.31. The second-order valence-corrected chi connectivity index (χ2v) is 5.94. The fraction of sp³-hybridized carbons (Fsp3) is 0.533. The molecule has 0 radical (unpaired) electrons. The van der Waals surface area contributed by atoms with Crippen LogP contribution in [0, 0.1) is 5.41 Å². The first-order valence-electron chi connectivity index (χ1n) is 6.28. The Morgan fingerprint density at radius 3 is 2.47 bits per heavy atom. The Kier molecular flexibility index (Phi) is 3.34. The van der Waals surface area contributed by atoms with Gasteiger partial charge in [-0.05, 0) is 23.0 Å². The average Bonchev–Trinajstić information content (AvgIpc) is 2.28. The lowest BCUT2D eigenvalue weighted by Gasteiger charge is -2.39. The van der Waals surface area contributed by atoms with Crippen molar-refractivity contribution in [2.24, 2.45) is 5.41 Å². The van der Waals surface area contributed by atoms with E-state index in [1.165, 1.54) is 11.1 Å². The van der Waals surface area contributed by atoms with E-state index in [0.29, 0.717) is 0 Å². The quantitative estimate of drug-likeness (QED) is 0.729. The van der Waals surface area contributed by atoms with Crippen LogP contribution in [0.25, 0.3) is 0 Å². The van der Waals surface area contributed by atoms with Crippen LogP contribution < -0.4 is 0 Å². The van der Waals surface area contributed by atoms with Crippen molar-refractivity contribution in [1.29, 1.82) is 0 Å². The fourth-order valence-corrected chi connectivity index (χ4v) is 2.59. The molecule has 1 unspecified atom stereocenters. The largest absolute Gasteiger partial charge is 0.302 e. The van der Waals surface area contributed by atoms with Crippen molar-refractivity contribution in [2.45, 2.75) is 39.8 Å². The number of rotatable bonds is 2. The minimum atomic E-state index is 0.00797. The molecule has 1 atom stereocenters. The van der Waals surface area contributed by atoms with Gasteiger partial charge >= 0.3 is 0 Å². The number of carbonyl (C=O) groups excluding carboxylic acids is 1. The number of fused-ring (bicyclic) bond motifs is 1. The first-order chi connectivity index (χ1) is 8.02. The third-order valence-electron chi connectivity index (χ3n) is 3.57. The van der Waals surface area contributed by atoms with Gasteiger partial charge in [-0.25, -0.2) is 0 Å². The van der Waals surface area contributed by atoms with Gasteiger partial charge in [0, 0.05) is 13.1 Å². The van der Waals surface area contributed by atoms with E-state index >= 15 is 0 Å². The first-order valence-corrected chi connectivity index (χ1v) is 6.28. The average molecular weight is 231 g/mol. The van der Waals surface area contributed by atoms with E-state index in [0.717, 1.165) is 25.8 Å². The number of carbonyl (C=O) groups is 1. The second-order valence-electron chi connectivity index (χ2n) is 5.94. The van der Waals surface area contributed by atoms with Gasteiger partial charge in [-0.15, -0.1) is 0 Å². The van der Waals surface area contributed by atoms with Gasteiger partial charge in [0.1, 0.15) is 6.29 Å². The summed E-state index contributed by atoms with van der Waals surface area (Å²) < 4.78 is 0. The zero-order valence-corrected chi connectivity index (χ0v) is 10.9. The molecular weight excluding hydrogens is 210 g/mol. The molecule has 0 amide bonds. The monoisotopic (exact) mass is 231 g/mol. The molecule has 0 saturated heterocycles. The molecule has 1 heterocycles. The topological polar surface area (TPSA) is 20.3 Å². The summed E-state index contributed by atoms with van der Waals surface area (Å²) in [4.78, 5) is 13.6. The Bertz CT molecular complexity index is 406. The summed E-state index contributed by atoms with van der Waals surface area (Å²) >= 11 is 0. The Morgan fingerprint density at radius 2 is 1.88 bits per heavy atom. The molecule has 0 spiro atoms. The molecule has 2 rings (SSSR count). The molecule has 0 saturated carbocycles. The van der Waals surface area contributed by atoms with Gasteiger partial charge in [0.15, 0.2) is 0 Å². The highest BCUT2D eigenvalue weighted by atomic mass is 16.1. The van der Waals surface area contributed by atoms with Crippen molar-refractivity contribution < 1.29 is 4.79 Å². The highest BCUT2D eigenvalue weighted by molar-refractivity contribution is 5.59. The van der Waals surface area contributed by atoms with Gasteiger partial charge in [-0.2, -0.15) is 0 Å². The molecule has 0 N–H and O–H groups in total. The van der Waals surface area contributed by atoms with E-state index in [2.05, 4.69) is 49.9 Å². The lowest BCUT2D eigenvalue weighted by molar-refractivity contribution is -0.116. The van der Waals surface area contributed by atoms with Crippen LogP contribution in [-0.4, -0.2) is 23.8 Å². The molecule has 0 fully saturated rings. The predicted molar refractivity (Wildman–Crippen MR) is 69.9 cm³/mol. The van der Waals surface area contributed by atoms with Crippen molar-refractivity contribution in [3.05, 3.63) is 35.4 Å². The van der Waals surface area contributed by atoms with E-state index in [4.69, 9.17) is 0 Å². The highest BCUT2D eigenvalue weighted by Crippen LogP contribution is 2.28. The zero-order valence-electron chi connectivity index (χ0n) is 10.9. The molecule has 0 bridgehead atoms. The first kappa shape index (κ1) is 12.3. The van der Waals surface area contributed by atoms with Gasteiger partial charge in [-0.1, -0.05) is 45.0 Å². The van der Waals surface area contributed by atoms with E-state index in [9.17, 15) is 4.79 Å². The number of nitrogens with zero attached hydrogens (tertiary/aromatic N) is 1. The maximum absolute atomic E-state index is 11.3. The van der Waals surface area contributed by atoms with Crippen molar-refractivity contribution in [1.82, 2.24) is 4.90 Å². The summed E-state index contributed by atoms with van der Waals surface area (Å²) in [6.45, 7) is 8.28. The summed E-state index contributed by atoms with van der Waals surface area (Å²) in [5.41, 5.74) is 2.81. The molecule has 1 aromatic carbocycles. The number of benzene rings is 1. The lowest BCUT2D eigenvalue weighted by atomic mass is 9.85. The van der Waals surface area contributed by atoms with E-state index in [1.807, 2.05) is 0 Å². The summed E-state index contributed by atoms with van der Waals surface area (Å²) in [6.07, 6.45) is 2.16. The molecule has 17 heavy (non-hydrogen) atoms. The van der Waals surface area contributed by atoms with Crippen LogP contribution in [-0.2, 0) is 17.8 Å². The van der Waals surface area contributed by atoms with Crippen LogP contribution in [0.5, 0.6) is 0 Å². The van der Waals surface area contributed by atoms with Crippen LogP contribution in [0.3, 0.4) is 0 Å². The van der Waals surface area contributed by atoms with Crippen LogP contribution in [0.4, 0.5) is 0 Å². The number of hydrogen-bond acceptors (Lipinski definition) is 2. The maximum Gasteiger partial charge on any atom is 0.137 e. The van der Waals surface area contributed by atoms with Crippen LogP contribution in [0.15, 0.2) is 24.3 Å². The molecule has 92 valence electrons. The Balaban J connectivity index is 2.19. The summed E-state index contributed by atoms with van der Waals surface area (Å²) in [5, 5.41) is 0. The van der Waals surface area contributed by atoms with Gasteiger partial charge < -0.3 is 4.79 Å². The molecule has 1 aliphatic rings. The molecule has 1 aliphatic heterocycles. The van der Waals surface area contributed by atoms with E-state index in [1.54, 1.807) is 0 Å². The predicted octanol–water partition coefficient (Wildman–Crippen LogP) is 2.66. The lowest BCUT2D eigenvalue weighted by Crippen LogP contribution is -2.47. The van der Waals surface area contributed by atoms with E-state index < -0.39 is 0 Å². The minimum absolute atomic E-state index is 0.00797. The minimum Gasteiger partial charge on any atom is -0.302 e. The number of aldehydes is 1. The van der Waals surface area contributed by atoms with Gasteiger partial charge in [0.25, 0.3) is 0 Å². The van der Waals surface area contributed by atoms with Crippen LogP contribution >= 0.6 is 0 Å². The summed E-state index contributed by atoms with van der Waals surface area (Å²) in [7, 11) is 0. The summed E-state index contributed by atoms with van der Waals surface area (Å²) in [6, 6.07) is 8.55. The van der Waals surface area contributed by atoms with E-state index in [-0.39, 0.29) is 11.5 Å². The van der Waals surface area contributed by atoms with Crippen LogP contribution in [0.2, 0.25) is 0 Å². The van der Waals surface area contributed by atoms with Gasteiger partial charge in [0.05, 0.1) is 6.04 Å². The normalized spacial score (nSPS) is 18.5. The molecule has 1 aromatic rings. The third kappa shape index (κ3) is 2.58. The standard InChI is InChI=1S/C15H21NO/c1-15(2,3)14(11-17)16-9-8-12-6-4-5-7-13(12)10-16/h4-7,11,14H,8-10H2,1-3H3. The van der Waals surface area contributed by atoms with Crippen LogP contribution in [0.1, 0.15) is 31.9 Å². The molecule has 0 aromatic heterocycles. The molecular formula is C15H21NO. The Morgan fingerprint density at radius 1 is 1.24 bits per heavy atom. The molecule has 2 heteroatoms. The maximum atomic E-state index is 11.3. The Hall–Kier alpha value is -1.15. The van der Waals surface area contributed by atoms with Crippen molar-refractivity contribution >= 4 is 6.29 Å². The van der Waals surface area contributed by atoms with Crippen molar-refractivity contribution in [3.8, 4) is 0 Å². The van der Waals surface area contributed by atoms with Crippen molar-refractivity contribution in [2.75, 3.05) is 6.54 Å². The third-order valence-corrected chi connectivity index (χ3v) is 3.57. The van der Waals surface area contributed by atoms with Gasteiger partial charge in [-0.3, -0.25) is 4.90 Å². The molecule has 0 aliphatic carbocycles. The van der Waals surface area contributed by atoms with Crippen molar-refractivity contribution in [3.63, 3.8) is 0 Å². The van der Waals surface area contributed by atoms with Gasteiger partial charge in [0.2, 0.25) is 0 Å². The fourth-order valence-electron chi connectivity index (χ4n) is 2.59. The molecule has 2 nitrogen and oxygen atoms in total.